The molecule has 50 heteroatoms. The van der Waals surface area contributed by atoms with Gasteiger partial charge >= 0.3 is 41.1 Å². The number of halogens is 2. The number of ketones is 1. The number of methoxy groups -OCH3 is 3. The van der Waals surface area contributed by atoms with Crippen LogP contribution in [0.15, 0.2) is 171 Å². The number of hydrogen-bond acceptors (Lipinski definition) is 39. The number of aromatic nitrogens is 12. The summed E-state index contributed by atoms with van der Waals surface area (Å²) in [6, 6.07) is 32.8. The largest absolute Gasteiger partial charge is 0.479 e. The van der Waals surface area contributed by atoms with Gasteiger partial charge in [-0.1, -0.05) is 158 Å². The summed E-state index contributed by atoms with van der Waals surface area (Å²) in [6.07, 6.45) is -11.9. The molecule has 3 fully saturated rings. The number of nitrogens with zero attached hydrogens (tertiary/aromatic N) is 12. The molecule has 0 spiro atoms. The molecule has 0 bridgehead atoms. The number of anilines is 3. The van der Waals surface area contributed by atoms with Gasteiger partial charge in [0.25, 0.3) is 0 Å². The van der Waals surface area contributed by atoms with Gasteiger partial charge in [0.15, 0.2) is 69.7 Å². The summed E-state index contributed by atoms with van der Waals surface area (Å²) in [7, 11) is -11.3. The second kappa shape index (κ2) is 41.2. The molecule has 0 saturated carbocycles. The van der Waals surface area contributed by atoms with Gasteiger partial charge in [-0.3, -0.25) is 46.5 Å². The topological polar surface area (TPSA) is 604 Å². The minimum absolute atomic E-state index is 0.000783. The Morgan fingerprint density at radius 3 is 1.40 bits per heavy atom. The Bertz CT molecular complexity index is 7150. The van der Waals surface area contributed by atoms with Gasteiger partial charge in [-0.05, 0) is 92.3 Å². The Morgan fingerprint density at radius 2 is 0.938 bits per heavy atom. The van der Waals surface area contributed by atoms with E-state index >= 15 is 22.9 Å². The normalized spacial score (nSPS) is 23.2. The number of rotatable bonds is 39. The molecule has 14 N–H and O–H groups in total. The van der Waals surface area contributed by atoms with E-state index in [1.54, 1.807) is 146 Å². The van der Waals surface area contributed by atoms with Crippen molar-refractivity contribution in [3.63, 3.8) is 0 Å². The van der Waals surface area contributed by atoms with Crippen molar-refractivity contribution in [1.29, 1.82) is 0 Å². The summed E-state index contributed by atoms with van der Waals surface area (Å²) >= 11 is 0. The van der Waals surface area contributed by atoms with Crippen LogP contribution in [0.3, 0.4) is 0 Å². The lowest BCUT2D eigenvalue weighted by Crippen LogP contribution is -2.45. The van der Waals surface area contributed by atoms with Crippen molar-refractivity contribution in [2.75, 3.05) is 58.4 Å². The highest BCUT2D eigenvalue weighted by molar-refractivity contribution is 7.52. The van der Waals surface area contributed by atoms with Crippen molar-refractivity contribution in [3.8, 4) is 34.9 Å². The Labute approximate surface area is 820 Å². The molecule has 3 saturated heterocycles. The van der Waals surface area contributed by atoms with Crippen molar-refractivity contribution >= 4 is 120 Å². The van der Waals surface area contributed by atoms with E-state index in [2.05, 4.69) is 60.1 Å². The van der Waals surface area contributed by atoms with Crippen LogP contribution in [-0.4, -0.2) is 214 Å². The molecule has 19 unspecified atom stereocenters. The molecule has 3 aliphatic heterocycles. The number of esters is 3. The molecule has 19 atom stereocenters. The first-order chi connectivity index (χ1) is 68.2. The number of fused-ring (bicyclic) bond motifs is 5. The molecule has 3 aliphatic rings. The zero-order chi connectivity index (χ0) is 103. The number of hydrogen-bond donors (Lipinski definition) is 11. The van der Waals surface area contributed by atoms with Gasteiger partial charge < -0.3 is 98.9 Å². The Morgan fingerprint density at radius 1 is 0.507 bits per heavy atom. The fourth-order valence-corrected chi connectivity index (χ4v) is 21.9. The molecule has 6 aromatic heterocycles. The number of carbonyl (C=O) groups is 4. The van der Waals surface area contributed by atoms with E-state index < -0.39 is 199 Å². The van der Waals surface area contributed by atoms with Crippen molar-refractivity contribution < 1.29 is 137 Å². The van der Waals surface area contributed by atoms with Crippen LogP contribution in [-0.2, 0) is 81.5 Å². The summed E-state index contributed by atoms with van der Waals surface area (Å²) in [4.78, 5) is 97.5. The van der Waals surface area contributed by atoms with E-state index in [-0.39, 0.29) is 114 Å². The van der Waals surface area contributed by atoms with E-state index in [4.69, 9.17) is 87.0 Å². The number of nitrogen functional groups attached to an aromatic ring is 3. The summed E-state index contributed by atoms with van der Waals surface area (Å²) in [6.45, 7) is 13.5. The number of nitrogens with one attached hydrogen (secondary N) is 3. The number of ether oxygens (including phenoxy) is 9. The number of benzene rings is 7. The second-order valence-corrected chi connectivity index (χ2v) is 41.9. The van der Waals surface area contributed by atoms with Gasteiger partial charge in [0, 0.05) is 38.9 Å². The number of para-hydroxylation sites is 1. The molecule has 0 aliphatic carbocycles. The summed E-state index contributed by atoms with van der Waals surface area (Å²) in [5.41, 5.74) is 11.6. The smallest absolute Gasteiger partial charge is 0.459 e. The lowest BCUT2D eigenvalue weighted by Gasteiger charge is -2.33. The van der Waals surface area contributed by atoms with E-state index in [1.165, 1.54) is 118 Å². The third kappa shape index (κ3) is 21.2. The number of Topliss-reactive ketones (excluding diaryl/α,β-unsaturated/α-hetero) is 1. The fraction of sp³-hybridized carbons (Fsp3) is 0.394. The standard InChI is InChI=1S/C94H107F2N18O27P3/c1-47(2)66(83(119)130-40-51-37-38-52(95)39-60(51)96)110-143(125,132-42-64-73(116)93(10,122)86(135-64)113-45-101-69-77(113)104-89(98)107-80(69)128-13)140-61-35-23-29-54-56(61)31-21-33-58(54)71(50-25-17-15-18-26-50)137-84(120)67(48(3)4)111-144(126,133-43-65-74(117)94(11,123)87(136-65)114-46-102-70-78(114)105-90(99)108-81(70)129-14)141-62-36-24-30-55-57(62)32-22-34-59(55)75(91(6,7)8)138-82(118)49(5)109-142(124,139-53-27-19-16-20-28-53)131-41-63-72(115)92(9,121)85(134-63)112-44-100-68-76(112)103-88(97)106-79(68)127-12/h15-39,44-49,63-67,71,73-75,85-87,116-117,121-123H,40-43H2,1-14H3,(H,109,124)(H,110,125)(H,111,126)(H2,97,103,106)(H2,98,104,107)(H2,99,105,108). The van der Waals surface area contributed by atoms with E-state index in [9.17, 15) is 44.3 Å². The predicted molar refractivity (Wildman–Crippen MR) is 511 cm³/mol. The monoisotopic (exact) mass is 2050 g/mol. The molecular formula is C94H107F2N18O27P3. The average Bonchev–Trinajstić information content (AvgIpc) is 1.59. The molecule has 9 heterocycles. The first-order valence-electron chi connectivity index (χ1n) is 45.2. The average molecular weight is 2050 g/mol. The van der Waals surface area contributed by atoms with Gasteiger partial charge in [-0.2, -0.15) is 45.2 Å². The number of imidazole rings is 3. The predicted octanol–water partition coefficient (Wildman–Crippen LogP) is 10.9. The highest BCUT2D eigenvalue weighted by Gasteiger charge is 2.58. The second-order valence-electron chi connectivity index (χ2n) is 36.8. The number of aliphatic hydroxyl groups is 5. The van der Waals surface area contributed by atoms with Crippen LogP contribution in [0.1, 0.15) is 129 Å². The van der Waals surface area contributed by atoms with E-state index in [1.807, 2.05) is 0 Å². The highest BCUT2D eigenvalue weighted by Crippen LogP contribution is 2.55. The Kier molecular flexibility index (Phi) is 29.7. The molecule has 764 valence electrons. The molecule has 0 amide bonds. The van der Waals surface area contributed by atoms with Crippen molar-refractivity contribution in [2.45, 2.75) is 179 Å². The number of carbonyl (C=O) groups excluding carboxylic acids is 4. The zero-order valence-corrected chi connectivity index (χ0v) is 82.8. The maximum Gasteiger partial charge on any atom is 0.459 e. The van der Waals surface area contributed by atoms with Gasteiger partial charge in [0.2, 0.25) is 35.5 Å². The van der Waals surface area contributed by atoms with E-state index in [0.717, 1.165) is 12.1 Å². The van der Waals surface area contributed by atoms with Gasteiger partial charge in [-0.25, -0.2) is 37.4 Å². The van der Waals surface area contributed by atoms with Crippen molar-refractivity contribution in [1.82, 2.24) is 73.8 Å². The van der Waals surface area contributed by atoms with Gasteiger partial charge in [-0.15, -0.1) is 0 Å². The molecule has 144 heavy (non-hydrogen) atoms. The van der Waals surface area contributed by atoms with E-state index in [0.29, 0.717) is 22.6 Å². The number of nitrogens with two attached hydrogens (primary N) is 3. The summed E-state index contributed by atoms with van der Waals surface area (Å²) in [5, 5.41) is 69.6. The summed E-state index contributed by atoms with van der Waals surface area (Å²) < 4.78 is 173. The first kappa shape index (κ1) is 104. The van der Waals surface area contributed by atoms with Crippen LogP contribution in [0.2, 0.25) is 0 Å². The third-order valence-electron chi connectivity index (χ3n) is 24.5. The zero-order valence-electron chi connectivity index (χ0n) is 80.1. The van der Waals surface area contributed by atoms with Crippen LogP contribution in [0.5, 0.6) is 34.9 Å². The van der Waals surface area contributed by atoms with Crippen LogP contribution in [0.25, 0.3) is 55.0 Å². The lowest BCUT2D eigenvalue weighted by molar-refractivity contribution is -0.157. The quantitative estimate of drug-likeness (QED) is 0.00968. The minimum atomic E-state index is -5.28. The molecule has 7 aromatic carbocycles. The van der Waals surface area contributed by atoms with Gasteiger partial charge in [0.1, 0.15) is 101 Å². The lowest BCUT2D eigenvalue weighted by atomic mass is 9.82. The molecule has 16 rings (SSSR count). The minimum Gasteiger partial charge on any atom is -0.479 e. The highest BCUT2D eigenvalue weighted by atomic mass is 31.2. The molecule has 0 radical (unpaired) electrons. The first-order valence-corrected chi connectivity index (χ1v) is 49.8. The van der Waals surface area contributed by atoms with Crippen LogP contribution >= 0.6 is 23.2 Å². The SMILES string of the molecule is COc1nc(N)nc2c1ncn2C1OC(COP(=O)(NC(C)C(=O)OC(c2cccc3c(OP(=O)(NC(C(=O)OC(c4ccccc4)c4cccc5c(OP(=O)(NC(C(=O)OCc6ccc(F)cc6F)C(C)C)OCC6OC(n7cnc8c(OC)nc(N)nc87)C(C)(O)C6O)cccc45)C(C)C)OCC4OC(n5cnc6c(OC)nc(N)nc65)C(C)(O)C4O)cccc23)C(C)(C)C)Oc2ccccc2)C(=O)C1(C)O. The molecular weight excluding hydrogens is 1940 g/mol. The third-order valence-corrected chi connectivity index (χ3v) is 29.2. The van der Waals surface area contributed by atoms with Crippen LogP contribution < -0.4 is 60.2 Å². The van der Waals surface area contributed by atoms with Crippen LogP contribution in [0, 0.1) is 28.9 Å². The Balaban J connectivity index is 0.703. The van der Waals surface area contributed by atoms with Crippen molar-refractivity contribution in [3.05, 3.63) is 205 Å². The summed E-state index contributed by atoms with van der Waals surface area (Å²) in [5.74, 6) is -8.83. The Hall–Kier alpha value is -13.0. The maximum absolute atomic E-state index is 16.8. The molecule has 13 aromatic rings. The number of aliphatic hydroxyl groups excluding tert-OH is 2. The fourth-order valence-electron chi connectivity index (χ4n) is 17.1. The van der Waals surface area contributed by atoms with Crippen LogP contribution in [0.4, 0.5) is 26.6 Å². The van der Waals surface area contributed by atoms with Gasteiger partial charge in [0.05, 0.1) is 60.1 Å². The van der Waals surface area contributed by atoms with Crippen molar-refractivity contribution in [2.24, 2.45) is 17.3 Å². The molecule has 45 nitrogen and oxygen atoms in total. The maximum atomic E-state index is 16.8.